The van der Waals surface area contributed by atoms with Crippen LogP contribution in [-0.4, -0.2) is 43.0 Å². The van der Waals surface area contributed by atoms with Crippen molar-refractivity contribution in [2.24, 2.45) is 5.92 Å². The molecule has 1 aliphatic carbocycles. The van der Waals surface area contributed by atoms with Gasteiger partial charge in [0.25, 0.3) is 0 Å². The summed E-state index contributed by atoms with van der Waals surface area (Å²) < 4.78 is 13.2. The molecule has 144 valence electrons. The second-order valence-corrected chi connectivity index (χ2v) is 8.51. The maximum atomic E-state index is 13.2. The van der Waals surface area contributed by atoms with Crippen molar-refractivity contribution in [3.63, 3.8) is 0 Å². The van der Waals surface area contributed by atoms with E-state index in [0.29, 0.717) is 0 Å². The number of halogens is 1. The van der Waals surface area contributed by atoms with Gasteiger partial charge in [0.05, 0.1) is 6.04 Å². The van der Waals surface area contributed by atoms with Crippen molar-refractivity contribution in [2.75, 3.05) is 31.1 Å². The Morgan fingerprint density at radius 3 is 2.44 bits per heavy atom. The summed E-state index contributed by atoms with van der Waals surface area (Å²) >= 11 is 1.75. The van der Waals surface area contributed by atoms with Gasteiger partial charge >= 0.3 is 0 Å². The van der Waals surface area contributed by atoms with Crippen LogP contribution in [0.2, 0.25) is 0 Å². The standard InChI is InChI=1S/C21H26FN3OS/c1-15(23-21(26)16-4-5-16)20(19-3-2-14-27-19)25-12-10-24(11-13-25)18-8-6-17(22)7-9-18/h2-3,6-9,14-16,20H,4-5,10-13H2,1H3,(H,23,26)/t15-,20-/m1/s1. The molecule has 4 nitrogen and oxygen atoms in total. The Balaban J connectivity index is 1.43. The maximum Gasteiger partial charge on any atom is 0.223 e. The van der Waals surface area contributed by atoms with E-state index in [2.05, 4.69) is 39.6 Å². The SMILES string of the molecule is C[C@@H](NC(=O)C1CC1)[C@H](c1cccs1)N1CCN(c2ccc(F)cc2)CC1. The first-order valence-electron chi connectivity index (χ1n) is 9.70. The van der Waals surface area contributed by atoms with Gasteiger partial charge in [0, 0.05) is 48.7 Å². The highest BCUT2D eigenvalue weighted by Crippen LogP contribution is 2.32. The monoisotopic (exact) mass is 387 g/mol. The first-order valence-corrected chi connectivity index (χ1v) is 10.6. The Morgan fingerprint density at radius 2 is 1.85 bits per heavy atom. The van der Waals surface area contributed by atoms with E-state index in [1.54, 1.807) is 11.3 Å². The zero-order chi connectivity index (χ0) is 18.8. The van der Waals surface area contributed by atoms with Gasteiger partial charge in [-0.05, 0) is 55.5 Å². The van der Waals surface area contributed by atoms with Gasteiger partial charge in [-0.15, -0.1) is 11.3 Å². The van der Waals surface area contributed by atoms with Crippen LogP contribution in [0.1, 0.15) is 30.7 Å². The molecule has 2 heterocycles. The molecule has 4 rings (SSSR count). The molecule has 0 bridgehead atoms. The smallest absolute Gasteiger partial charge is 0.223 e. The molecular weight excluding hydrogens is 361 g/mol. The van der Waals surface area contributed by atoms with Crippen LogP contribution >= 0.6 is 11.3 Å². The number of carbonyl (C=O) groups is 1. The van der Waals surface area contributed by atoms with Crippen molar-refractivity contribution in [3.8, 4) is 0 Å². The lowest BCUT2D eigenvalue weighted by atomic mass is 10.0. The number of piperazine rings is 1. The molecule has 1 saturated carbocycles. The van der Waals surface area contributed by atoms with Gasteiger partial charge < -0.3 is 10.2 Å². The van der Waals surface area contributed by atoms with Crippen molar-refractivity contribution in [1.82, 2.24) is 10.2 Å². The average Bonchev–Trinajstić information content (AvgIpc) is 3.40. The van der Waals surface area contributed by atoms with E-state index < -0.39 is 0 Å². The summed E-state index contributed by atoms with van der Waals surface area (Å²) in [6.07, 6.45) is 2.05. The number of hydrogen-bond donors (Lipinski definition) is 1. The van der Waals surface area contributed by atoms with Crippen LogP contribution in [-0.2, 0) is 4.79 Å². The van der Waals surface area contributed by atoms with Crippen LogP contribution in [0.4, 0.5) is 10.1 Å². The Morgan fingerprint density at radius 1 is 1.15 bits per heavy atom. The van der Waals surface area contributed by atoms with Crippen molar-refractivity contribution in [3.05, 3.63) is 52.5 Å². The molecule has 1 aromatic heterocycles. The zero-order valence-corrected chi connectivity index (χ0v) is 16.4. The van der Waals surface area contributed by atoms with Crippen molar-refractivity contribution in [1.29, 1.82) is 0 Å². The first kappa shape index (κ1) is 18.4. The third kappa shape index (κ3) is 4.33. The third-order valence-corrected chi connectivity index (χ3v) is 6.47. The molecule has 2 aliphatic rings. The minimum absolute atomic E-state index is 0.0779. The number of nitrogens with one attached hydrogen (secondary N) is 1. The topological polar surface area (TPSA) is 35.6 Å². The Hall–Kier alpha value is -1.92. The molecule has 1 aliphatic heterocycles. The summed E-state index contributed by atoms with van der Waals surface area (Å²) in [5.74, 6) is 0.233. The van der Waals surface area contributed by atoms with E-state index in [9.17, 15) is 9.18 Å². The van der Waals surface area contributed by atoms with E-state index in [1.807, 2.05) is 12.1 Å². The zero-order valence-electron chi connectivity index (χ0n) is 15.6. The van der Waals surface area contributed by atoms with Crippen LogP contribution in [0, 0.1) is 11.7 Å². The van der Waals surface area contributed by atoms with Gasteiger partial charge in [-0.3, -0.25) is 9.69 Å². The molecule has 2 fully saturated rings. The van der Waals surface area contributed by atoms with Crippen LogP contribution in [0.3, 0.4) is 0 Å². The fraction of sp³-hybridized carbons (Fsp3) is 0.476. The van der Waals surface area contributed by atoms with Crippen molar-refractivity contribution < 1.29 is 9.18 Å². The number of benzene rings is 1. The number of amides is 1. The van der Waals surface area contributed by atoms with Gasteiger partial charge in [-0.25, -0.2) is 4.39 Å². The minimum Gasteiger partial charge on any atom is -0.369 e. The van der Waals surface area contributed by atoms with E-state index in [4.69, 9.17) is 0 Å². The highest BCUT2D eigenvalue weighted by molar-refractivity contribution is 7.10. The van der Waals surface area contributed by atoms with Gasteiger partial charge in [0.2, 0.25) is 5.91 Å². The molecule has 0 radical (unpaired) electrons. The number of carbonyl (C=O) groups excluding carboxylic acids is 1. The van der Waals surface area contributed by atoms with Gasteiger partial charge in [0.15, 0.2) is 0 Å². The molecule has 0 spiro atoms. The molecular formula is C21H26FN3OS. The minimum atomic E-state index is -0.199. The van der Waals surface area contributed by atoms with E-state index >= 15 is 0 Å². The highest BCUT2D eigenvalue weighted by atomic mass is 32.1. The lowest BCUT2D eigenvalue weighted by Gasteiger charge is -2.42. The molecule has 1 amide bonds. The molecule has 1 N–H and O–H groups in total. The molecule has 6 heteroatoms. The number of nitrogens with zero attached hydrogens (tertiary/aromatic N) is 2. The van der Waals surface area contributed by atoms with Gasteiger partial charge in [-0.2, -0.15) is 0 Å². The van der Waals surface area contributed by atoms with E-state index in [-0.39, 0.29) is 29.7 Å². The van der Waals surface area contributed by atoms with Crippen molar-refractivity contribution in [2.45, 2.75) is 31.8 Å². The predicted molar refractivity (Wildman–Crippen MR) is 108 cm³/mol. The van der Waals surface area contributed by atoms with Crippen LogP contribution in [0.5, 0.6) is 0 Å². The summed E-state index contributed by atoms with van der Waals surface area (Å²) in [6.45, 7) is 5.76. The Bertz CT molecular complexity index is 752. The largest absolute Gasteiger partial charge is 0.369 e. The van der Waals surface area contributed by atoms with Crippen molar-refractivity contribution >= 4 is 22.9 Å². The second kappa shape index (κ2) is 7.98. The third-order valence-electron chi connectivity index (χ3n) is 5.53. The van der Waals surface area contributed by atoms with Gasteiger partial charge in [0.1, 0.15) is 5.82 Å². The van der Waals surface area contributed by atoms with Crippen LogP contribution < -0.4 is 10.2 Å². The number of rotatable bonds is 6. The lowest BCUT2D eigenvalue weighted by Crippen LogP contribution is -2.52. The molecule has 1 saturated heterocycles. The van der Waals surface area contributed by atoms with Crippen LogP contribution in [0.25, 0.3) is 0 Å². The Labute approximate surface area is 164 Å². The number of hydrogen-bond acceptors (Lipinski definition) is 4. The van der Waals surface area contributed by atoms with Gasteiger partial charge in [-0.1, -0.05) is 6.07 Å². The average molecular weight is 388 g/mol. The number of anilines is 1. The summed E-state index contributed by atoms with van der Waals surface area (Å²) in [4.78, 5) is 18.3. The molecule has 2 aromatic rings. The van der Waals surface area contributed by atoms with E-state index in [0.717, 1.165) is 44.7 Å². The lowest BCUT2D eigenvalue weighted by molar-refractivity contribution is -0.123. The Kier molecular flexibility index (Phi) is 5.45. The fourth-order valence-electron chi connectivity index (χ4n) is 3.88. The summed E-state index contributed by atoms with van der Waals surface area (Å²) in [7, 11) is 0. The van der Waals surface area contributed by atoms with Crippen LogP contribution in [0.15, 0.2) is 41.8 Å². The maximum absolute atomic E-state index is 13.2. The molecule has 27 heavy (non-hydrogen) atoms. The fourth-order valence-corrected chi connectivity index (χ4v) is 4.84. The molecule has 2 atom stereocenters. The highest BCUT2D eigenvalue weighted by Gasteiger charge is 2.35. The quantitative estimate of drug-likeness (QED) is 0.822. The van der Waals surface area contributed by atoms with E-state index in [1.165, 1.54) is 17.0 Å². The summed E-state index contributed by atoms with van der Waals surface area (Å²) in [5.41, 5.74) is 1.07. The predicted octanol–water partition coefficient (Wildman–Crippen LogP) is 3.67. The molecule has 0 unspecified atom stereocenters. The normalized spacial score (nSPS) is 20.3. The second-order valence-electron chi connectivity index (χ2n) is 7.53. The first-order chi connectivity index (χ1) is 13.1. The number of thiophene rings is 1. The summed E-state index contributed by atoms with van der Waals surface area (Å²) in [6, 6.07) is 11.3. The molecule has 1 aromatic carbocycles. The summed E-state index contributed by atoms with van der Waals surface area (Å²) in [5, 5.41) is 5.35.